The van der Waals surface area contributed by atoms with Gasteiger partial charge >= 0.3 is 0 Å². The van der Waals surface area contributed by atoms with Crippen LogP contribution >= 0.6 is 0 Å². The number of hydrogen-bond donors (Lipinski definition) is 1. The molecule has 2 aromatic carbocycles. The Labute approximate surface area is 122 Å². The summed E-state index contributed by atoms with van der Waals surface area (Å²) in [6, 6.07) is 11.7. The second kappa shape index (κ2) is 4.98. The number of aliphatic hydroxyl groups excluding tert-OH is 1. The second-order valence-electron chi connectivity index (χ2n) is 4.81. The zero-order valence-corrected chi connectivity index (χ0v) is 12.2. The van der Waals surface area contributed by atoms with Gasteiger partial charge in [0.25, 0.3) is 10.0 Å². The fourth-order valence-corrected chi connectivity index (χ4v) is 3.50. The Kier molecular flexibility index (Phi) is 3.27. The maximum atomic E-state index is 12.7. The van der Waals surface area contributed by atoms with Crippen LogP contribution in [0.1, 0.15) is 11.1 Å². The third-order valence-corrected chi connectivity index (χ3v) is 5.00. The Morgan fingerprint density at radius 1 is 1.14 bits per heavy atom. The van der Waals surface area contributed by atoms with Crippen LogP contribution in [0.25, 0.3) is 10.9 Å². The van der Waals surface area contributed by atoms with Crippen molar-refractivity contribution in [2.75, 3.05) is 0 Å². The predicted molar refractivity (Wildman–Crippen MR) is 79.4 cm³/mol. The molecule has 108 valence electrons. The zero-order chi connectivity index (χ0) is 15.0. The Balaban J connectivity index is 2.22. The van der Waals surface area contributed by atoms with E-state index in [9.17, 15) is 13.5 Å². The van der Waals surface area contributed by atoms with Gasteiger partial charge < -0.3 is 5.11 Å². The van der Waals surface area contributed by atoms with E-state index in [-0.39, 0.29) is 11.5 Å². The number of benzene rings is 2. The van der Waals surface area contributed by atoms with Crippen molar-refractivity contribution in [2.24, 2.45) is 0 Å². The molecule has 21 heavy (non-hydrogen) atoms. The molecule has 0 unspecified atom stereocenters. The highest BCUT2D eigenvalue weighted by Crippen LogP contribution is 2.23. The van der Waals surface area contributed by atoms with Gasteiger partial charge in [0.15, 0.2) is 0 Å². The second-order valence-corrected chi connectivity index (χ2v) is 6.58. The van der Waals surface area contributed by atoms with Crippen molar-refractivity contribution in [3.05, 3.63) is 59.8 Å². The molecular formula is C15H14N2O3S. The van der Waals surface area contributed by atoms with Crippen molar-refractivity contribution < 1.29 is 13.5 Å². The molecule has 0 bridgehead atoms. The van der Waals surface area contributed by atoms with Gasteiger partial charge in [0.05, 0.1) is 23.2 Å². The van der Waals surface area contributed by atoms with Gasteiger partial charge in [-0.05, 0) is 30.7 Å². The van der Waals surface area contributed by atoms with Crippen molar-refractivity contribution in [1.82, 2.24) is 9.19 Å². The Morgan fingerprint density at radius 2 is 1.86 bits per heavy atom. The monoisotopic (exact) mass is 302 g/mol. The minimum atomic E-state index is -3.74. The molecule has 0 aliphatic rings. The smallest absolute Gasteiger partial charge is 0.283 e. The van der Waals surface area contributed by atoms with E-state index in [1.54, 1.807) is 42.5 Å². The lowest BCUT2D eigenvalue weighted by atomic mass is 10.1. The van der Waals surface area contributed by atoms with Crippen molar-refractivity contribution in [1.29, 1.82) is 0 Å². The summed E-state index contributed by atoms with van der Waals surface area (Å²) in [5.41, 5.74) is 2.10. The van der Waals surface area contributed by atoms with Crippen molar-refractivity contribution in [3.63, 3.8) is 0 Å². The van der Waals surface area contributed by atoms with E-state index in [0.717, 1.165) is 9.65 Å². The molecule has 0 atom stereocenters. The van der Waals surface area contributed by atoms with Gasteiger partial charge in [-0.1, -0.05) is 29.8 Å². The molecule has 0 saturated carbocycles. The van der Waals surface area contributed by atoms with Crippen LogP contribution in [0.4, 0.5) is 0 Å². The van der Waals surface area contributed by atoms with Gasteiger partial charge in [0.2, 0.25) is 0 Å². The van der Waals surface area contributed by atoms with E-state index >= 15 is 0 Å². The van der Waals surface area contributed by atoms with E-state index in [0.29, 0.717) is 16.5 Å². The van der Waals surface area contributed by atoms with Crippen molar-refractivity contribution in [3.8, 4) is 0 Å². The molecule has 1 N–H and O–H groups in total. The average Bonchev–Trinajstić information content (AvgIpc) is 2.92. The standard InChI is InChI=1S/C15H14N2O3S/c1-11-5-7-13(8-6-11)21(19,20)17-15-4-2-3-12(10-18)14(15)9-16-17/h2-9,18H,10H2,1H3. The van der Waals surface area contributed by atoms with E-state index in [4.69, 9.17) is 0 Å². The van der Waals surface area contributed by atoms with Gasteiger partial charge in [-0.25, -0.2) is 0 Å². The molecule has 0 radical (unpaired) electrons. The Hall–Kier alpha value is -2.18. The Bertz CT molecular complexity index is 896. The molecule has 1 aromatic heterocycles. The summed E-state index contributed by atoms with van der Waals surface area (Å²) in [5, 5.41) is 13.9. The summed E-state index contributed by atoms with van der Waals surface area (Å²) >= 11 is 0. The summed E-state index contributed by atoms with van der Waals surface area (Å²) in [4.78, 5) is 0.188. The number of fused-ring (bicyclic) bond motifs is 1. The molecule has 0 amide bonds. The molecule has 6 heteroatoms. The summed E-state index contributed by atoms with van der Waals surface area (Å²) < 4.78 is 26.3. The van der Waals surface area contributed by atoms with Crippen LogP contribution in [-0.4, -0.2) is 22.7 Å². The van der Waals surface area contributed by atoms with Crippen LogP contribution in [0.3, 0.4) is 0 Å². The van der Waals surface area contributed by atoms with Crippen LogP contribution in [0.2, 0.25) is 0 Å². The van der Waals surface area contributed by atoms with Crippen LogP contribution in [-0.2, 0) is 16.6 Å². The molecule has 3 rings (SSSR count). The number of aromatic nitrogens is 2. The number of aliphatic hydroxyl groups is 1. The molecule has 0 aliphatic heterocycles. The molecule has 0 fully saturated rings. The molecule has 0 saturated heterocycles. The minimum Gasteiger partial charge on any atom is -0.392 e. The maximum absolute atomic E-state index is 12.7. The van der Waals surface area contributed by atoms with E-state index in [2.05, 4.69) is 5.10 Å². The van der Waals surface area contributed by atoms with Crippen LogP contribution < -0.4 is 0 Å². The van der Waals surface area contributed by atoms with Gasteiger partial charge in [-0.15, -0.1) is 0 Å². The topological polar surface area (TPSA) is 72.2 Å². The van der Waals surface area contributed by atoms with Gasteiger partial charge in [0.1, 0.15) is 0 Å². The third kappa shape index (κ3) is 2.22. The first-order valence-corrected chi connectivity index (χ1v) is 7.87. The molecule has 1 heterocycles. The van der Waals surface area contributed by atoms with Crippen molar-refractivity contribution in [2.45, 2.75) is 18.4 Å². The number of nitrogens with zero attached hydrogens (tertiary/aromatic N) is 2. The highest BCUT2D eigenvalue weighted by atomic mass is 32.2. The quantitative estimate of drug-likeness (QED) is 0.804. The fourth-order valence-electron chi connectivity index (χ4n) is 2.23. The van der Waals surface area contributed by atoms with Gasteiger partial charge in [0, 0.05) is 5.39 Å². The van der Waals surface area contributed by atoms with Crippen LogP contribution in [0.5, 0.6) is 0 Å². The first-order chi connectivity index (χ1) is 10.0. The first-order valence-electron chi connectivity index (χ1n) is 6.43. The molecular weight excluding hydrogens is 288 g/mol. The molecule has 0 spiro atoms. The fraction of sp³-hybridized carbons (Fsp3) is 0.133. The van der Waals surface area contributed by atoms with Crippen LogP contribution in [0, 0.1) is 6.92 Å². The van der Waals surface area contributed by atoms with Crippen molar-refractivity contribution >= 4 is 20.9 Å². The van der Waals surface area contributed by atoms with E-state index < -0.39 is 10.0 Å². The summed E-state index contributed by atoms with van der Waals surface area (Å²) in [6.07, 6.45) is 1.46. The zero-order valence-electron chi connectivity index (χ0n) is 11.4. The maximum Gasteiger partial charge on any atom is 0.283 e. The molecule has 3 aromatic rings. The van der Waals surface area contributed by atoms with Gasteiger partial charge in [-0.3, -0.25) is 0 Å². The SMILES string of the molecule is Cc1ccc(S(=O)(=O)n2ncc3c(CO)cccc32)cc1. The van der Waals surface area contributed by atoms with E-state index in [1.165, 1.54) is 6.20 Å². The average molecular weight is 302 g/mol. The Morgan fingerprint density at radius 3 is 2.52 bits per heavy atom. The summed E-state index contributed by atoms with van der Waals surface area (Å²) in [7, 11) is -3.74. The highest BCUT2D eigenvalue weighted by molar-refractivity contribution is 7.90. The lowest BCUT2D eigenvalue weighted by molar-refractivity contribution is 0.283. The third-order valence-electron chi connectivity index (χ3n) is 3.39. The highest BCUT2D eigenvalue weighted by Gasteiger charge is 2.20. The van der Waals surface area contributed by atoms with Crippen LogP contribution in [0.15, 0.2) is 53.6 Å². The predicted octanol–water partition coefficient (Wildman–Crippen LogP) is 2.07. The molecule has 5 nitrogen and oxygen atoms in total. The normalized spacial score (nSPS) is 11.9. The molecule has 0 aliphatic carbocycles. The lowest BCUT2D eigenvalue weighted by Crippen LogP contribution is -2.14. The minimum absolute atomic E-state index is 0.159. The number of aryl methyl sites for hydroxylation is 1. The number of rotatable bonds is 3. The number of hydrogen-bond acceptors (Lipinski definition) is 4. The first kappa shape index (κ1) is 13.8. The largest absolute Gasteiger partial charge is 0.392 e. The summed E-state index contributed by atoms with van der Waals surface area (Å²) in [6.45, 7) is 1.74. The lowest BCUT2D eigenvalue weighted by Gasteiger charge is -2.06. The van der Waals surface area contributed by atoms with E-state index in [1.807, 2.05) is 6.92 Å². The summed E-state index contributed by atoms with van der Waals surface area (Å²) in [5.74, 6) is 0. The van der Waals surface area contributed by atoms with Gasteiger partial charge in [-0.2, -0.15) is 17.6 Å².